The van der Waals surface area contributed by atoms with E-state index < -0.39 is 0 Å². The van der Waals surface area contributed by atoms with Gasteiger partial charge in [-0.15, -0.1) is 0 Å². The van der Waals surface area contributed by atoms with E-state index in [4.69, 9.17) is 5.73 Å². The van der Waals surface area contributed by atoms with E-state index in [0.717, 1.165) is 29.7 Å². The van der Waals surface area contributed by atoms with Crippen LogP contribution in [-0.4, -0.2) is 5.91 Å². The Morgan fingerprint density at radius 2 is 1.95 bits per heavy atom. The van der Waals surface area contributed by atoms with Crippen molar-refractivity contribution in [2.45, 2.75) is 26.7 Å². The van der Waals surface area contributed by atoms with Crippen LogP contribution in [0.1, 0.15) is 34.8 Å². The molecular weight excluding hydrogens is 248 g/mol. The molecule has 0 unspecified atom stereocenters. The summed E-state index contributed by atoms with van der Waals surface area (Å²) in [7, 11) is 0. The highest BCUT2D eigenvalue weighted by Gasteiger charge is 2.11. The lowest BCUT2D eigenvalue weighted by atomic mass is 10.1. The lowest BCUT2D eigenvalue weighted by molar-refractivity contribution is 0.102. The molecule has 2 aromatic rings. The van der Waals surface area contributed by atoms with Crippen molar-refractivity contribution in [1.82, 2.24) is 0 Å². The standard InChI is InChI=1S/C17H20N2O/c1-3-6-13-7-4-5-8-16(13)19-17(20)15-10-9-14(18)11-12(15)2/h4-5,7-11H,3,6,18H2,1-2H3,(H,19,20). The van der Waals surface area contributed by atoms with Crippen molar-refractivity contribution in [1.29, 1.82) is 0 Å². The van der Waals surface area contributed by atoms with Crippen LogP contribution in [-0.2, 0) is 6.42 Å². The van der Waals surface area contributed by atoms with E-state index in [9.17, 15) is 4.79 Å². The van der Waals surface area contributed by atoms with Crippen LogP contribution in [0.3, 0.4) is 0 Å². The average molecular weight is 268 g/mol. The van der Waals surface area contributed by atoms with Gasteiger partial charge in [-0.05, 0) is 48.7 Å². The van der Waals surface area contributed by atoms with Crippen LogP contribution in [0, 0.1) is 6.92 Å². The number of nitrogen functional groups attached to an aromatic ring is 1. The van der Waals surface area contributed by atoms with Crippen LogP contribution in [0.4, 0.5) is 11.4 Å². The summed E-state index contributed by atoms with van der Waals surface area (Å²) >= 11 is 0. The summed E-state index contributed by atoms with van der Waals surface area (Å²) in [6.07, 6.45) is 2.00. The van der Waals surface area contributed by atoms with E-state index in [0.29, 0.717) is 11.3 Å². The molecular formula is C17H20N2O. The van der Waals surface area contributed by atoms with Crippen LogP contribution >= 0.6 is 0 Å². The van der Waals surface area contributed by atoms with Gasteiger partial charge >= 0.3 is 0 Å². The van der Waals surface area contributed by atoms with Crippen LogP contribution in [0.15, 0.2) is 42.5 Å². The van der Waals surface area contributed by atoms with Gasteiger partial charge in [0.25, 0.3) is 5.91 Å². The smallest absolute Gasteiger partial charge is 0.255 e. The third kappa shape index (κ3) is 3.18. The van der Waals surface area contributed by atoms with E-state index in [2.05, 4.69) is 18.3 Å². The average Bonchev–Trinajstić information content (AvgIpc) is 2.41. The molecule has 0 radical (unpaired) electrons. The minimum atomic E-state index is -0.0916. The van der Waals surface area contributed by atoms with Gasteiger partial charge < -0.3 is 11.1 Å². The van der Waals surface area contributed by atoms with Gasteiger partial charge in [0.2, 0.25) is 0 Å². The summed E-state index contributed by atoms with van der Waals surface area (Å²) in [6.45, 7) is 4.02. The molecule has 1 amide bonds. The van der Waals surface area contributed by atoms with Crippen molar-refractivity contribution in [2.24, 2.45) is 0 Å². The Balaban J connectivity index is 2.23. The second-order valence-electron chi connectivity index (χ2n) is 4.94. The number of hydrogen-bond donors (Lipinski definition) is 2. The fourth-order valence-corrected chi connectivity index (χ4v) is 2.26. The number of anilines is 2. The van der Waals surface area contributed by atoms with Gasteiger partial charge in [-0.25, -0.2) is 0 Å². The number of carbonyl (C=O) groups is 1. The molecule has 3 heteroatoms. The fraction of sp³-hybridized carbons (Fsp3) is 0.235. The topological polar surface area (TPSA) is 55.1 Å². The summed E-state index contributed by atoms with van der Waals surface area (Å²) in [5.41, 5.74) is 9.97. The van der Waals surface area contributed by atoms with Gasteiger partial charge in [0.1, 0.15) is 0 Å². The highest BCUT2D eigenvalue weighted by Crippen LogP contribution is 2.19. The zero-order valence-corrected chi connectivity index (χ0v) is 11.9. The number of para-hydroxylation sites is 1. The Hall–Kier alpha value is -2.29. The van der Waals surface area contributed by atoms with Gasteiger partial charge in [-0.2, -0.15) is 0 Å². The molecule has 0 aromatic heterocycles. The van der Waals surface area contributed by atoms with Crippen molar-refractivity contribution in [2.75, 3.05) is 11.1 Å². The van der Waals surface area contributed by atoms with E-state index >= 15 is 0 Å². The summed E-state index contributed by atoms with van der Waals surface area (Å²) in [6, 6.07) is 13.2. The molecule has 0 heterocycles. The zero-order valence-electron chi connectivity index (χ0n) is 11.9. The predicted octanol–water partition coefficient (Wildman–Crippen LogP) is 3.78. The molecule has 0 aliphatic heterocycles. The Morgan fingerprint density at radius 3 is 2.65 bits per heavy atom. The maximum absolute atomic E-state index is 12.4. The number of aryl methyl sites for hydroxylation is 2. The Bertz CT molecular complexity index is 620. The number of benzene rings is 2. The van der Waals surface area contributed by atoms with Crippen LogP contribution in [0.25, 0.3) is 0 Å². The lowest BCUT2D eigenvalue weighted by Crippen LogP contribution is -2.14. The van der Waals surface area contributed by atoms with E-state index in [1.54, 1.807) is 12.1 Å². The fourth-order valence-electron chi connectivity index (χ4n) is 2.26. The summed E-state index contributed by atoms with van der Waals surface area (Å²) in [5.74, 6) is -0.0916. The Labute approximate surface area is 119 Å². The van der Waals surface area contributed by atoms with E-state index in [1.807, 2.05) is 31.2 Å². The zero-order chi connectivity index (χ0) is 14.5. The van der Waals surface area contributed by atoms with E-state index in [1.165, 1.54) is 0 Å². The first-order valence-corrected chi connectivity index (χ1v) is 6.87. The molecule has 104 valence electrons. The number of nitrogens with one attached hydrogen (secondary N) is 1. The van der Waals surface area contributed by atoms with Crippen LogP contribution < -0.4 is 11.1 Å². The second-order valence-corrected chi connectivity index (χ2v) is 4.94. The Kier molecular flexibility index (Phi) is 4.41. The number of rotatable bonds is 4. The minimum absolute atomic E-state index is 0.0916. The molecule has 0 saturated carbocycles. The molecule has 0 aliphatic carbocycles. The lowest BCUT2D eigenvalue weighted by Gasteiger charge is -2.12. The minimum Gasteiger partial charge on any atom is -0.399 e. The SMILES string of the molecule is CCCc1ccccc1NC(=O)c1ccc(N)cc1C. The highest BCUT2D eigenvalue weighted by molar-refractivity contribution is 6.05. The first kappa shape index (κ1) is 14.1. The number of nitrogens with two attached hydrogens (primary N) is 1. The number of amides is 1. The van der Waals surface area contributed by atoms with Crippen molar-refractivity contribution < 1.29 is 4.79 Å². The largest absolute Gasteiger partial charge is 0.399 e. The van der Waals surface area contributed by atoms with Crippen molar-refractivity contribution in [3.8, 4) is 0 Å². The first-order valence-electron chi connectivity index (χ1n) is 6.87. The summed E-state index contributed by atoms with van der Waals surface area (Å²) < 4.78 is 0. The maximum atomic E-state index is 12.4. The monoisotopic (exact) mass is 268 g/mol. The molecule has 0 bridgehead atoms. The van der Waals surface area contributed by atoms with Gasteiger partial charge in [0.15, 0.2) is 0 Å². The van der Waals surface area contributed by atoms with Crippen LogP contribution in [0.2, 0.25) is 0 Å². The Morgan fingerprint density at radius 1 is 1.20 bits per heavy atom. The number of hydrogen-bond acceptors (Lipinski definition) is 2. The second kappa shape index (κ2) is 6.24. The van der Waals surface area contributed by atoms with Gasteiger partial charge in [0, 0.05) is 16.9 Å². The molecule has 0 atom stereocenters. The molecule has 0 saturated heterocycles. The molecule has 0 fully saturated rings. The summed E-state index contributed by atoms with van der Waals surface area (Å²) in [4.78, 5) is 12.4. The molecule has 3 N–H and O–H groups in total. The quantitative estimate of drug-likeness (QED) is 0.829. The van der Waals surface area contributed by atoms with Crippen molar-refractivity contribution in [3.63, 3.8) is 0 Å². The van der Waals surface area contributed by atoms with Gasteiger partial charge in [0.05, 0.1) is 0 Å². The highest BCUT2D eigenvalue weighted by atomic mass is 16.1. The predicted molar refractivity (Wildman–Crippen MR) is 84.0 cm³/mol. The molecule has 0 aliphatic rings. The first-order chi connectivity index (χ1) is 9.61. The number of carbonyl (C=O) groups excluding carboxylic acids is 1. The molecule has 2 rings (SSSR count). The van der Waals surface area contributed by atoms with Crippen LogP contribution in [0.5, 0.6) is 0 Å². The maximum Gasteiger partial charge on any atom is 0.255 e. The van der Waals surface area contributed by atoms with Gasteiger partial charge in [-0.3, -0.25) is 4.79 Å². The normalized spacial score (nSPS) is 10.3. The molecule has 2 aromatic carbocycles. The molecule has 0 spiro atoms. The third-order valence-corrected chi connectivity index (χ3v) is 3.28. The van der Waals surface area contributed by atoms with Crippen molar-refractivity contribution >= 4 is 17.3 Å². The third-order valence-electron chi connectivity index (χ3n) is 3.28. The summed E-state index contributed by atoms with van der Waals surface area (Å²) in [5, 5.41) is 2.99. The molecule has 20 heavy (non-hydrogen) atoms. The van der Waals surface area contributed by atoms with Gasteiger partial charge in [-0.1, -0.05) is 31.5 Å². The van der Waals surface area contributed by atoms with Crippen molar-refractivity contribution in [3.05, 3.63) is 59.2 Å². The van der Waals surface area contributed by atoms with E-state index in [-0.39, 0.29) is 5.91 Å². The molecule has 3 nitrogen and oxygen atoms in total.